The van der Waals surface area contributed by atoms with Gasteiger partial charge in [-0.2, -0.15) is 0 Å². The molecule has 1 N–H and O–H groups in total. The quantitative estimate of drug-likeness (QED) is 0.893. The number of hydrogen-bond donors (Lipinski definition) is 1. The van der Waals surface area contributed by atoms with E-state index in [1.807, 2.05) is 24.3 Å². The van der Waals surface area contributed by atoms with Crippen LogP contribution in [0.1, 0.15) is 12.0 Å². The van der Waals surface area contributed by atoms with Crippen molar-refractivity contribution in [1.82, 2.24) is 10.2 Å². The van der Waals surface area contributed by atoms with Crippen molar-refractivity contribution < 1.29 is 13.2 Å². The van der Waals surface area contributed by atoms with Crippen molar-refractivity contribution in [3.8, 4) is 0 Å². The van der Waals surface area contributed by atoms with Crippen LogP contribution in [0.15, 0.2) is 28.7 Å². The minimum absolute atomic E-state index is 0.0615. The second-order valence-electron chi connectivity index (χ2n) is 4.92. The predicted molar refractivity (Wildman–Crippen MR) is 81.2 cm³/mol. The van der Waals surface area contributed by atoms with Crippen LogP contribution in [0.25, 0.3) is 0 Å². The first kappa shape index (κ1) is 15.3. The van der Waals surface area contributed by atoms with Gasteiger partial charge in [0.05, 0.1) is 11.5 Å². The van der Waals surface area contributed by atoms with E-state index in [4.69, 9.17) is 0 Å². The maximum Gasteiger partial charge on any atom is 0.317 e. The van der Waals surface area contributed by atoms with Crippen LogP contribution in [0, 0.1) is 0 Å². The monoisotopic (exact) mass is 360 g/mol. The van der Waals surface area contributed by atoms with Crippen molar-refractivity contribution >= 4 is 31.8 Å². The van der Waals surface area contributed by atoms with Gasteiger partial charge in [-0.1, -0.05) is 34.1 Å². The number of nitrogens with one attached hydrogen (secondary N) is 1. The molecule has 0 saturated carbocycles. The summed E-state index contributed by atoms with van der Waals surface area (Å²) in [6.07, 6.45) is 0.515. The molecule has 2 rings (SSSR count). The molecule has 0 radical (unpaired) electrons. The molecule has 1 saturated heterocycles. The summed E-state index contributed by atoms with van der Waals surface area (Å²) in [5.41, 5.74) is 0.980. The Balaban J connectivity index is 1.91. The number of benzene rings is 1. The minimum atomic E-state index is -2.98. The molecule has 5 nitrogen and oxygen atoms in total. The molecular formula is C13H17BrN2O3S. The van der Waals surface area contributed by atoms with Gasteiger partial charge in [0, 0.05) is 24.1 Å². The van der Waals surface area contributed by atoms with Gasteiger partial charge >= 0.3 is 6.03 Å². The Labute approximate surface area is 127 Å². The SMILES string of the molecule is CN(C(=O)NCc1ccccc1Br)C1CCS(=O)(=O)C1. The molecular weight excluding hydrogens is 344 g/mol. The van der Waals surface area contributed by atoms with E-state index in [1.165, 1.54) is 4.90 Å². The summed E-state index contributed by atoms with van der Waals surface area (Å²) in [6.45, 7) is 0.407. The number of nitrogens with zero attached hydrogens (tertiary/aromatic N) is 1. The molecule has 1 atom stereocenters. The molecule has 1 heterocycles. The van der Waals surface area contributed by atoms with Crippen LogP contribution in [0.5, 0.6) is 0 Å². The Morgan fingerprint density at radius 3 is 2.75 bits per heavy atom. The van der Waals surface area contributed by atoms with Gasteiger partial charge in [0.1, 0.15) is 0 Å². The third kappa shape index (κ3) is 3.73. The van der Waals surface area contributed by atoms with Gasteiger partial charge in [0.2, 0.25) is 0 Å². The van der Waals surface area contributed by atoms with Crippen LogP contribution in [0.4, 0.5) is 4.79 Å². The molecule has 1 unspecified atom stereocenters. The predicted octanol–water partition coefficient (Wildman–Crippen LogP) is 1.78. The van der Waals surface area contributed by atoms with E-state index in [0.29, 0.717) is 13.0 Å². The summed E-state index contributed by atoms with van der Waals surface area (Å²) < 4.78 is 23.8. The summed E-state index contributed by atoms with van der Waals surface area (Å²) in [5, 5.41) is 2.81. The van der Waals surface area contributed by atoms with Crippen molar-refractivity contribution in [1.29, 1.82) is 0 Å². The van der Waals surface area contributed by atoms with Gasteiger partial charge in [-0.15, -0.1) is 0 Å². The average Bonchev–Trinajstić information content (AvgIpc) is 2.77. The standard InChI is InChI=1S/C13H17BrN2O3S/c1-16(11-6-7-20(18,19)9-11)13(17)15-8-10-4-2-3-5-12(10)14/h2-5,11H,6-9H2,1H3,(H,15,17). The first-order valence-corrected chi connectivity index (χ1v) is 8.95. The zero-order valence-corrected chi connectivity index (χ0v) is 13.6. The second-order valence-corrected chi connectivity index (χ2v) is 8.00. The van der Waals surface area contributed by atoms with Crippen LogP contribution in [0.2, 0.25) is 0 Å². The lowest BCUT2D eigenvalue weighted by Gasteiger charge is -2.23. The van der Waals surface area contributed by atoms with E-state index in [0.717, 1.165) is 10.0 Å². The lowest BCUT2D eigenvalue weighted by molar-refractivity contribution is 0.194. The number of carbonyl (C=O) groups excluding carboxylic acids is 1. The van der Waals surface area contributed by atoms with Gasteiger partial charge in [0.15, 0.2) is 9.84 Å². The van der Waals surface area contributed by atoms with Crippen LogP contribution < -0.4 is 5.32 Å². The Morgan fingerprint density at radius 1 is 1.45 bits per heavy atom. The van der Waals surface area contributed by atoms with E-state index in [9.17, 15) is 13.2 Å². The minimum Gasteiger partial charge on any atom is -0.334 e. The lowest BCUT2D eigenvalue weighted by atomic mass is 10.2. The van der Waals surface area contributed by atoms with Gasteiger partial charge in [0.25, 0.3) is 0 Å². The van der Waals surface area contributed by atoms with E-state index >= 15 is 0 Å². The molecule has 1 aromatic carbocycles. The van der Waals surface area contributed by atoms with Gasteiger partial charge in [-0.05, 0) is 18.1 Å². The lowest BCUT2D eigenvalue weighted by Crippen LogP contribution is -2.43. The van der Waals surface area contributed by atoms with Crippen molar-refractivity contribution in [2.24, 2.45) is 0 Å². The Bertz CT molecular complexity index is 603. The number of carbonyl (C=O) groups is 1. The van der Waals surface area contributed by atoms with Gasteiger partial charge in [-0.25, -0.2) is 13.2 Å². The maximum atomic E-state index is 12.0. The summed E-state index contributed by atoms with van der Waals surface area (Å²) >= 11 is 3.42. The number of hydrogen-bond acceptors (Lipinski definition) is 3. The third-order valence-electron chi connectivity index (χ3n) is 3.46. The zero-order chi connectivity index (χ0) is 14.8. The van der Waals surface area contributed by atoms with E-state index < -0.39 is 9.84 Å². The fourth-order valence-corrected chi connectivity index (χ4v) is 4.38. The Morgan fingerprint density at radius 2 is 2.15 bits per heavy atom. The van der Waals surface area contributed by atoms with Gasteiger partial charge < -0.3 is 10.2 Å². The fourth-order valence-electron chi connectivity index (χ4n) is 2.18. The summed E-state index contributed by atoms with van der Waals surface area (Å²) in [7, 11) is -1.34. The molecule has 1 fully saturated rings. The molecule has 7 heteroatoms. The molecule has 110 valence electrons. The Kier molecular flexibility index (Phi) is 4.70. The smallest absolute Gasteiger partial charge is 0.317 e. The number of urea groups is 1. The number of halogens is 1. The molecule has 1 aromatic rings. The summed E-state index contributed by atoms with van der Waals surface area (Å²) in [4.78, 5) is 13.5. The van der Waals surface area contributed by atoms with Crippen molar-refractivity contribution in [2.45, 2.75) is 19.0 Å². The van der Waals surface area contributed by atoms with Crippen LogP contribution in [0.3, 0.4) is 0 Å². The molecule has 1 aliphatic rings. The number of rotatable bonds is 3. The Hall–Kier alpha value is -1.08. The van der Waals surface area contributed by atoms with E-state index in [-0.39, 0.29) is 23.6 Å². The normalized spacial score (nSPS) is 20.6. The van der Waals surface area contributed by atoms with Crippen molar-refractivity contribution in [3.05, 3.63) is 34.3 Å². The fraction of sp³-hybridized carbons (Fsp3) is 0.462. The molecule has 1 aliphatic heterocycles. The second kappa shape index (κ2) is 6.13. The maximum absolute atomic E-state index is 12.0. The zero-order valence-electron chi connectivity index (χ0n) is 11.2. The largest absolute Gasteiger partial charge is 0.334 e. The molecule has 0 aromatic heterocycles. The highest BCUT2D eigenvalue weighted by Crippen LogP contribution is 2.18. The number of sulfone groups is 1. The van der Waals surface area contributed by atoms with E-state index in [2.05, 4.69) is 21.2 Å². The average molecular weight is 361 g/mol. The highest BCUT2D eigenvalue weighted by atomic mass is 79.9. The first-order valence-electron chi connectivity index (χ1n) is 6.33. The molecule has 20 heavy (non-hydrogen) atoms. The highest BCUT2D eigenvalue weighted by Gasteiger charge is 2.32. The topological polar surface area (TPSA) is 66.5 Å². The van der Waals surface area contributed by atoms with Gasteiger partial charge in [-0.3, -0.25) is 0 Å². The van der Waals surface area contributed by atoms with Crippen molar-refractivity contribution in [3.63, 3.8) is 0 Å². The summed E-state index contributed by atoms with van der Waals surface area (Å²) in [6, 6.07) is 7.17. The molecule has 0 spiro atoms. The molecule has 2 amide bonds. The van der Waals surface area contributed by atoms with Crippen molar-refractivity contribution in [2.75, 3.05) is 18.6 Å². The first-order chi connectivity index (χ1) is 9.39. The van der Waals surface area contributed by atoms with Crippen LogP contribution in [-0.2, 0) is 16.4 Å². The molecule has 0 bridgehead atoms. The summed E-state index contributed by atoms with van der Waals surface area (Å²) in [5.74, 6) is 0.228. The third-order valence-corrected chi connectivity index (χ3v) is 5.99. The molecule has 0 aliphatic carbocycles. The number of amides is 2. The van der Waals surface area contributed by atoms with Crippen LogP contribution >= 0.6 is 15.9 Å². The van der Waals surface area contributed by atoms with Crippen LogP contribution in [-0.4, -0.2) is 43.9 Å². The van der Waals surface area contributed by atoms with E-state index in [1.54, 1.807) is 7.05 Å². The highest BCUT2D eigenvalue weighted by molar-refractivity contribution is 9.10.